The number of benzene rings is 3. The average Bonchev–Trinajstić information content (AvgIpc) is 3.24. The molecule has 1 unspecified atom stereocenters. The number of fused-ring (bicyclic) bond motifs is 2. The number of aromatic nitrogens is 3. The molecule has 1 aliphatic rings. The first-order valence-corrected chi connectivity index (χ1v) is 14.3. The van der Waals surface area contributed by atoms with E-state index in [9.17, 15) is 9.90 Å². The topological polar surface area (TPSA) is 112 Å². The Hall–Kier alpha value is -4.24. The SMILES string of the molecule is CCN1CCN(Cc2cc(C(c3ccc4c(nnn4C)c3C)C(C)(C)C(=O)O)ccc2C)Cc2ccccc21.O=CO. The molecule has 0 saturated heterocycles. The first-order valence-electron chi connectivity index (χ1n) is 14.3. The molecule has 1 aromatic heterocycles. The maximum atomic E-state index is 12.6. The fraction of sp³-hybridized carbons (Fsp3) is 0.394. The molecule has 3 aromatic carbocycles. The van der Waals surface area contributed by atoms with Crippen molar-refractivity contribution in [3.8, 4) is 0 Å². The number of carboxylic acids is 1. The third-order valence-corrected chi connectivity index (χ3v) is 8.56. The van der Waals surface area contributed by atoms with Crippen molar-refractivity contribution in [2.75, 3.05) is 24.5 Å². The van der Waals surface area contributed by atoms with Gasteiger partial charge in [0.15, 0.2) is 0 Å². The van der Waals surface area contributed by atoms with E-state index in [0.29, 0.717) is 0 Å². The maximum Gasteiger partial charge on any atom is 0.310 e. The first kappa shape index (κ1) is 30.7. The van der Waals surface area contributed by atoms with Gasteiger partial charge in [0.25, 0.3) is 6.47 Å². The Morgan fingerprint density at radius 1 is 1.10 bits per heavy atom. The van der Waals surface area contributed by atoms with Crippen LogP contribution in [0.4, 0.5) is 5.69 Å². The number of aliphatic carboxylic acids is 1. The highest BCUT2D eigenvalue weighted by Gasteiger charge is 2.40. The van der Waals surface area contributed by atoms with Crippen molar-refractivity contribution < 1.29 is 19.8 Å². The van der Waals surface area contributed by atoms with Crippen LogP contribution in [0.3, 0.4) is 0 Å². The van der Waals surface area contributed by atoms with Crippen LogP contribution in [-0.2, 0) is 29.7 Å². The predicted octanol–water partition coefficient (Wildman–Crippen LogP) is 5.37. The zero-order chi connectivity index (χ0) is 30.6. The summed E-state index contributed by atoms with van der Waals surface area (Å²) >= 11 is 0. The zero-order valence-corrected chi connectivity index (χ0v) is 25.3. The molecule has 0 radical (unpaired) electrons. The number of hydrogen-bond acceptors (Lipinski definition) is 6. The number of nitrogens with zero attached hydrogens (tertiary/aromatic N) is 5. The van der Waals surface area contributed by atoms with Gasteiger partial charge >= 0.3 is 5.97 Å². The van der Waals surface area contributed by atoms with Crippen molar-refractivity contribution in [2.24, 2.45) is 12.5 Å². The molecule has 2 N–H and O–H groups in total. The van der Waals surface area contributed by atoms with Crippen LogP contribution in [0.1, 0.15) is 60.1 Å². The van der Waals surface area contributed by atoms with Crippen molar-refractivity contribution in [1.29, 1.82) is 0 Å². The van der Waals surface area contributed by atoms with Gasteiger partial charge in [-0.05, 0) is 80.1 Å². The molecule has 9 heteroatoms. The molecule has 1 aliphatic heterocycles. The van der Waals surface area contributed by atoms with Crippen LogP contribution in [0.5, 0.6) is 0 Å². The molecule has 0 spiro atoms. The van der Waals surface area contributed by atoms with Crippen LogP contribution in [0.15, 0.2) is 54.6 Å². The summed E-state index contributed by atoms with van der Waals surface area (Å²) in [5.41, 5.74) is 8.83. The summed E-state index contributed by atoms with van der Waals surface area (Å²) in [4.78, 5) is 25.9. The highest BCUT2D eigenvalue weighted by molar-refractivity contribution is 5.81. The van der Waals surface area contributed by atoms with Gasteiger partial charge in [0.2, 0.25) is 0 Å². The highest BCUT2D eigenvalue weighted by atomic mass is 16.4. The van der Waals surface area contributed by atoms with Crippen molar-refractivity contribution in [3.05, 3.63) is 88.0 Å². The van der Waals surface area contributed by atoms with E-state index >= 15 is 0 Å². The number of carbonyl (C=O) groups is 2. The average molecular weight is 572 g/mol. The van der Waals surface area contributed by atoms with E-state index in [-0.39, 0.29) is 12.4 Å². The molecule has 42 heavy (non-hydrogen) atoms. The second kappa shape index (κ2) is 12.7. The molecule has 222 valence electrons. The molecule has 9 nitrogen and oxygen atoms in total. The Morgan fingerprint density at radius 2 is 1.81 bits per heavy atom. The number of carboxylic acid groups (broad SMARTS) is 2. The van der Waals surface area contributed by atoms with Gasteiger partial charge in [-0.15, -0.1) is 5.10 Å². The number of hydrogen-bond donors (Lipinski definition) is 2. The summed E-state index contributed by atoms with van der Waals surface area (Å²) in [6.45, 7) is 14.4. The normalized spacial score (nSPS) is 14.5. The lowest BCUT2D eigenvalue weighted by Crippen LogP contribution is -2.33. The maximum absolute atomic E-state index is 12.6. The Bertz CT molecular complexity index is 1580. The smallest absolute Gasteiger partial charge is 0.310 e. The van der Waals surface area contributed by atoms with Crippen molar-refractivity contribution >= 4 is 29.2 Å². The Morgan fingerprint density at radius 3 is 2.50 bits per heavy atom. The minimum atomic E-state index is -1.03. The van der Waals surface area contributed by atoms with Crippen molar-refractivity contribution in [3.63, 3.8) is 0 Å². The number of aryl methyl sites for hydroxylation is 3. The molecule has 0 amide bonds. The van der Waals surface area contributed by atoms with Gasteiger partial charge in [-0.25, -0.2) is 4.68 Å². The zero-order valence-electron chi connectivity index (χ0n) is 25.3. The summed E-state index contributed by atoms with van der Waals surface area (Å²) < 4.78 is 1.76. The van der Waals surface area contributed by atoms with E-state index in [1.807, 2.05) is 33.9 Å². The van der Waals surface area contributed by atoms with Gasteiger partial charge in [-0.2, -0.15) is 0 Å². The number of likely N-dealkylation sites (N-methyl/N-ethyl adjacent to an activating group) is 1. The molecule has 0 saturated carbocycles. The minimum absolute atomic E-state index is 0.250. The lowest BCUT2D eigenvalue weighted by atomic mass is 9.69. The summed E-state index contributed by atoms with van der Waals surface area (Å²) in [5, 5.41) is 25.8. The summed E-state index contributed by atoms with van der Waals surface area (Å²) in [6, 6.07) is 19.2. The molecule has 0 fully saturated rings. The molecule has 0 aliphatic carbocycles. The summed E-state index contributed by atoms with van der Waals surface area (Å²) in [7, 11) is 1.88. The first-order chi connectivity index (χ1) is 20.0. The third-order valence-electron chi connectivity index (χ3n) is 8.56. The van der Waals surface area contributed by atoms with E-state index in [1.54, 1.807) is 4.68 Å². The standard InChI is InChI=1S/C32H39N5O2.CH2O2/c1-7-37-17-16-36(19-24-10-8-9-11-27(24)37)20-25-18-23(13-12-21(25)2)29(32(4,5)31(38)39)26-14-15-28-30(22(26)3)33-34-35(28)6;2-1-3/h8-15,18,29H,7,16-17,19-20H2,1-6H3,(H,38,39);1H,(H,2,3). The Labute approximate surface area is 247 Å². The predicted molar refractivity (Wildman–Crippen MR) is 165 cm³/mol. The van der Waals surface area contributed by atoms with E-state index in [1.165, 1.54) is 22.4 Å². The van der Waals surface area contributed by atoms with Crippen molar-refractivity contribution in [1.82, 2.24) is 19.9 Å². The summed E-state index contributed by atoms with van der Waals surface area (Å²) in [6.07, 6.45) is 0. The van der Waals surface area contributed by atoms with E-state index < -0.39 is 11.4 Å². The number of para-hydroxylation sites is 1. The van der Waals surface area contributed by atoms with E-state index in [4.69, 9.17) is 9.90 Å². The van der Waals surface area contributed by atoms with Gasteiger partial charge in [0.05, 0.1) is 10.9 Å². The molecule has 1 atom stereocenters. The largest absolute Gasteiger partial charge is 0.483 e. The van der Waals surface area contributed by atoms with E-state index in [0.717, 1.165) is 60.4 Å². The Balaban J connectivity index is 0.00000129. The highest BCUT2D eigenvalue weighted by Crippen LogP contribution is 2.44. The van der Waals surface area contributed by atoms with Crippen LogP contribution in [0, 0.1) is 19.3 Å². The monoisotopic (exact) mass is 571 g/mol. The van der Waals surface area contributed by atoms with E-state index in [2.05, 4.69) is 82.5 Å². The molecule has 4 aromatic rings. The number of rotatable bonds is 7. The Kier molecular flexibility index (Phi) is 9.31. The molecule has 2 heterocycles. The second-order valence-corrected chi connectivity index (χ2v) is 11.5. The fourth-order valence-electron chi connectivity index (χ4n) is 6.07. The lowest BCUT2D eigenvalue weighted by molar-refractivity contribution is -0.147. The molecule has 5 rings (SSSR count). The fourth-order valence-corrected chi connectivity index (χ4v) is 6.07. The third kappa shape index (κ3) is 6.01. The quantitative estimate of drug-likeness (QED) is 0.285. The van der Waals surface area contributed by atoms with Crippen LogP contribution < -0.4 is 4.90 Å². The van der Waals surface area contributed by atoms with Gasteiger partial charge < -0.3 is 15.1 Å². The second-order valence-electron chi connectivity index (χ2n) is 11.5. The van der Waals surface area contributed by atoms with Crippen LogP contribution in [-0.4, -0.2) is 62.2 Å². The molecular formula is C33H41N5O4. The van der Waals surface area contributed by atoms with Crippen LogP contribution in [0.25, 0.3) is 11.0 Å². The van der Waals surface area contributed by atoms with Crippen LogP contribution in [0.2, 0.25) is 0 Å². The van der Waals surface area contributed by atoms with Gasteiger partial charge in [0, 0.05) is 51.4 Å². The number of anilines is 1. The lowest BCUT2D eigenvalue weighted by Gasteiger charge is -2.33. The van der Waals surface area contributed by atoms with Gasteiger partial charge in [-0.3, -0.25) is 14.5 Å². The van der Waals surface area contributed by atoms with Gasteiger partial charge in [-0.1, -0.05) is 47.7 Å². The van der Waals surface area contributed by atoms with Gasteiger partial charge in [0.1, 0.15) is 5.52 Å². The van der Waals surface area contributed by atoms with Crippen molar-refractivity contribution in [2.45, 2.75) is 53.6 Å². The molecular weight excluding hydrogens is 530 g/mol. The molecule has 0 bridgehead atoms. The van der Waals surface area contributed by atoms with Crippen LogP contribution >= 0.6 is 0 Å². The minimum Gasteiger partial charge on any atom is -0.483 e. The summed E-state index contributed by atoms with van der Waals surface area (Å²) in [5.74, 6) is -1.17.